The zero-order valence-electron chi connectivity index (χ0n) is 19.3. The number of anilines is 4. The molecule has 1 aromatic carbocycles. The summed E-state index contributed by atoms with van der Waals surface area (Å²) in [5.74, 6) is 0.210. The summed E-state index contributed by atoms with van der Waals surface area (Å²) >= 11 is 0. The number of rotatable bonds is 9. The normalized spacial score (nSPS) is 19.7. The Morgan fingerprint density at radius 3 is 2.55 bits per heavy atom. The molecule has 2 aliphatic rings. The molecule has 0 radical (unpaired) electrons. The van der Waals surface area contributed by atoms with Crippen molar-refractivity contribution in [3.8, 4) is 0 Å². The summed E-state index contributed by atoms with van der Waals surface area (Å²) in [6, 6.07) is 7.28. The Hall–Kier alpha value is -2.94. The molecule has 4 rings (SSSR count). The number of carboxylic acid groups (broad SMARTS) is 1. The van der Waals surface area contributed by atoms with Gasteiger partial charge in [-0.2, -0.15) is 15.0 Å². The highest BCUT2D eigenvalue weighted by molar-refractivity contribution is 5.87. The van der Waals surface area contributed by atoms with Crippen molar-refractivity contribution in [3.05, 3.63) is 29.8 Å². The van der Waals surface area contributed by atoms with Gasteiger partial charge in [0, 0.05) is 24.3 Å². The summed E-state index contributed by atoms with van der Waals surface area (Å²) in [6.07, 6.45) is 9.58. The van der Waals surface area contributed by atoms with Crippen LogP contribution in [-0.4, -0.2) is 57.5 Å². The second-order valence-electron chi connectivity index (χ2n) is 8.94. The average molecular weight is 453 g/mol. The lowest BCUT2D eigenvalue weighted by molar-refractivity contribution is -0.255. The van der Waals surface area contributed by atoms with Crippen LogP contribution in [0.5, 0.6) is 0 Å². The lowest BCUT2D eigenvalue weighted by Gasteiger charge is -2.23. The molecule has 1 aliphatic carbocycles. The number of carbonyl (C=O) groups excluding carboxylic acids is 1. The minimum atomic E-state index is -1.22. The third-order valence-corrected chi connectivity index (χ3v) is 6.58. The molecule has 1 atom stereocenters. The van der Waals surface area contributed by atoms with Crippen LogP contribution in [0.2, 0.25) is 0 Å². The minimum absolute atomic E-state index is 0.102. The van der Waals surface area contributed by atoms with E-state index in [4.69, 9.17) is 0 Å². The van der Waals surface area contributed by atoms with Crippen LogP contribution in [0.4, 0.5) is 23.5 Å². The van der Waals surface area contributed by atoms with E-state index in [1.807, 2.05) is 0 Å². The van der Waals surface area contributed by atoms with Crippen molar-refractivity contribution < 1.29 is 9.90 Å². The molecular weight excluding hydrogens is 418 g/mol. The van der Waals surface area contributed by atoms with E-state index in [0.717, 1.165) is 32.5 Å². The van der Waals surface area contributed by atoms with E-state index in [0.29, 0.717) is 35.6 Å². The summed E-state index contributed by atoms with van der Waals surface area (Å²) in [4.78, 5) is 27.5. The highest BCUT2D eigenvalue weighted by Gasteiger charge is 2.23. The molecule has 2 heterocycles. The van der Waals surface area contributed by atoms with Gasteiger partial charge in [0.25, 0.3) is 0 Å². The Kier molecular flexibility index (Phi) is 7.93. The Balaban J connectivity index is 1.52. The molecule has 3 N–H and O–H groups in total. The maximum absolute atomic E-state index is 11.2. The molecule has 1 aromatic heterocycles. The van der Waals surface area contributed by atoms with Crippen LogP contribution in [0.15, 0.2) is 24.3 Å². The fraction of sp³-hybridized carbons (Fsp3) is 0.583. The number of aromatic nitrogens is 3. The maximum Gasteiger partial charge on any atom is 0.233 e. The van der Waals surface area contributed by atoms with E-state index in [1.54, 1.807) is 12.1 Å². The minimum Gasteiger partial charge on any atom is -0.545 e. The molecule has 0 bridgehead atoms. The van der Waals surface area contributed by atoms with Gasteiger partial charge in [0.05, 0.1) is 5.97 Å². The maximum atomic E-state index is 11.2. The predicted molar refractivity (Wildman–Crippen MR) is 128 cm³/mol. The van der Waals surface area contributed by atoms with Crippen molar-refractivity contribution >= 4 is 29.5 Å². The van der Waals surface area contributed by atoms with Gasteiger partial charge in [-0.15, -0.1) is 0 Å². The molecule has 1 unspecified atom stereocenters. The molecule has 1 saturated carbocycles. The molecule has 9 nitrogen and oxygen atoms in total. The van der Waals surface area contributed by atoms with Crippen molar-refractivity contribution in [3.63, 3.8) is 0 Å². The van der Waals surface area contributed by atoms with E-state index >= 15 is 0 Å². The lowest BCUT2D eigenvalue weighted by Crippen LogP contribution is -2.35. The van der Waals surface area contributed by atoms with Crippen LogP contribution in [0.1, 0.15) is 68.6 Å². The van der Waals surface area contributed by atoms with Crippen LogP contribution < -0.4 is 21.1 Å². The summed E-state index contributed by atoms with van der Waals surface area (Å²) in [6.45, 7) is 5.15. The largest absolute Gasteiger partial charge is 0.545 e. The molecule has 9 heteroatoms. The fourth-order valence-electron chi connectivity index (χ4n) is 4.79. The van der Waals surface area contributed by atoms with Crippen LogP contribution in [-0.2, 0) is 0 Å². The van der Waals surface area contributed by atoms with Crippen LogP contribution >= 0.6 is 0 Å². The van der Waals surface area contributed by atoms with Gasteiger partial charge in [-0.1, -0.05) is 44.7 Å². The summed E-state index contributed by atoms with van der Waals surface area (Å²) < 4.78 is 0. The number of nitrogens with zero attached hydrogens (tertiary/aromatic N) is 4. The van der Waals surface area contributed by atoms with Crippen molar-refractivity contribution in [2.45, 2.75) is 70.4 Å². The van der Waals surface area contributed by atoms with E-state index in [1.165, 1.54) is 50.7 Å². The Morgan fingerprint density at radius 2 is 1.79 bits per heavy atom. The van der Waals surface area contributed by atoms with Crippen molar-refractivity contribution in [2.24, 2.45) is 0 Å². The summed E-state index contributed by atoms with van der Waals surface area (Å²) in [5.41, 5.74) is 0.687. The van der Waals surface area contributed by atoms with E-state index in [9.17, 15) is 9.90 Å². The van der Waals surface area contributed by atoms with Crippen molar-refractivity contribution in [1.29, 1.82) is 0 Å². The Labute approximate surface area is 195 Å². The first-order chi connectivity index (χ1) is 16.1. The van der Waals surface area contributed by atoms with Gasteiger partial charge in [-0.3, -0.25) is 4.90 Å². The lowest BCUT2D eigenvalue weighted by atomic mass is 10.1. The molecule has 1 saturated heterocycles. The zero-order valence-corrected chi connectivity index (χ0v) is 19.3. The van der Waals surface area contributed by atoms with E-state index < -0.39 is 5.97 Å². The second kappa shape index (κ2) is 11.3. The van der Waals surface area contributed by atoms with E-state index in [2.05, 4.69) is 42.7 Å². The van der Waals surface area contributed by atoms with Gasteiger partial charge < -0.3 is 25.9 Å². The monoisotopic (exact) mass is 452 g/mol. The first-order valence-corrected chi connectivity index (χ1v) is 12.2. The highest BCUT2D eigenvalue weighted by Crippen LogP contribution is 2.23. The molecule has 2 fully saturated rings. The summed E-state index contributed by atoms with van der Waals surface area (Å²) in [7, 11) is 0. The number of hydrogen-bond acceptors (Lipinski definition) is 9. The number of nitrogens with one attached hydrogen (secondary N) is 3. The third kappa shape index (κ3) is 6.54. The van der Waals surface area contributed by atoms with Gasteiger partial charge >= 0.3 is 0 Å². The quantitative estimate of drug-likeness (QED) is 0.493. The predicted octanol–water partition coefficient (Wildman–Crippen LogP) is 3.01. The second-order valence-corrected chi connectivity index (χ2v) is 8.94. The van der Waals surface area contributed by atoms with Crippen molar-refractivity contribution in [1.82, 2.24) is 19.9 Å². The number of carboxylic acids is 1. The highest BCUT2D eigenvalue weighted by atomic mass is 16.4. The smallest absolute Gasteiger partial charge is 0.233 e. The third-order valence-electron chi connectivity index (χ3n) is 6.58. The molecule has 0 spiro atoms. The van der Waals surface area contributed by atoms with Gasteiger partial charge in [-0.25, -0.2) is 0 Å². The SMILES string of the molecule is CCN1CCCC1CNc1nc(Nc2cccc(C(=O)[O-])c2)nc(NC2CCCCCC2)n1. The van der Waals surface area contributed by atoms with Gasteiger partial charge in [0.1, 0.15) is 0 Å². The molecule has 1 aliphatic heterocycles. The number of hydrogen-bond donors (Lipinski definition) is 3. The van der Waals surface area contributed by atoms with Crippen molar-refractivity contribution in [2.75, 3.05) is 35.6 Å². The van der Waals surface area contributed by atoms with Gasteiger partial charge in [0.2, 0.25) is 17.8 Å². The number of benzene rings is 1. The van der Waals surface area contributed by atoms with Crippen LogP contribution in [0, 0.1) is 0 Å². The molecule has 2 aromatic rings. The standard InChI is InChI=1S/C24H35N7O2/c1-2-31-14-8-13-20(31)16-25-22-28-23(26-18-10-5-3-4-6-11-18)30-24(29-22)27-19-12-7-9-17(15-19)21(32)33/h7,9,12,15,18,20H,2-6,8,10-11,13-14,16H2,1H3,(H,32,33)(H3,25,26,27,28,29,30)/p-1. The van der Waals surface area contributed by atoms with Gasteiger partial charge in [0.15, 0.2) is 0 Å². The summed E-state index contributed by atoms with van der Waals surface area (Å²) in [5, 5.41) is 21.3. The molecule has 178 valence electrons. The number of likely N-dealkylation sites (tertiary alicyclic amines) is 1. The number of aromatic carboxylic acids is 1. The molecule has 33 heavy (non-hydrogen) atoms. The fourth-order valence-corrected chi connectivity index (χ4v) is 4.79. The van der Waals surface area contributed by atoms with Gasteiger partial charge in [-0.05, 0) is 56.5 Å². The van der Waals surface area contributed by atoms with E-state index in [-0.39, 0.29) is 5.56 Å². The first kappa shape index (κ1) is 23.2. The Morgan fingerprint density at radius 1 is 1.03 bits per heavy atom. The topological polar surface area (TPSA) is 118 Å². The first-order valence-electron chi connectivity index (χ1n) is 12.2. The molecule has 0 amide bonds. The zero-order chi connectivity index (χ0) is 23.0. The van der Waals surface area contributed by atoms with Crippen LogP contribution in [0.25, 0.3) is 0 Å². The average Bonchev–Trinajstić information content (AvgIpc) is 3.12. The van der Waals surface area contributed by atoms with Crippen LogP contribution in [0.3, 0.4) is 0 Å². The number of likely N-dealkylation sites (N-methyl/N-ethyl adjacent to an activating group) is 1. The Bertz CT molecular complexity index is 931. The molecular formula is C24H34N7O2-. The number of carbonyl (C=O) groups is 1.